The van der Waals surface area contributed by atoms with Gasteiger partial charge in [-0.25, -0.2) is 9.59 Å². The van der Waals surface area contributed by atoms with Gasteiger partial charge in [-0.3, -0.25) is 4.79 Å². The average Bonchev–Trinajstić information content (AvgIpc) is 2.78. The number of rotatable bonds is 2. The van der Waals surface area contributed by atoms with E-state index in [0.29, 0.717) is 11.1 Å². The van der Waals surface area contributed by atoms with E-state index in [0.717, 1.165) is 55.7 Å². The van der Waals surface area contributed by atoms with E-state index in [9.17, 15) is 14.4 Å². The number of aromatic carboxylic acids is 1. The van der Waals surface area contributed by atoms with Gasteiger partial charge in [0.25, 0.3) is 0 Å². The Labute approximate surface area is 186 Å². The molecule has 0 fully saturated rings. The normalized spacial score (nSPS) is 13.3. The van der Waals surface area contributed by atoms with E-state index in [1.807, 2.05) is 18.2 Å². The molecular formula is C23H27ClN2O5. The fourth-order valence-electron chi connectivity index (χ4n) is 3.33. The number of anilines is 2. The summed E-state index contributed by atoms with van der Waals surface area (Å²) >= 11 is 4.64. The fraction of sp³-hybridized carbons (Fsp3) is 0.348. The zero-order valence-electron chi connectivity index (χ0n) is 17.7. The average molecular weight is 447 g/mol. The van der Waals surface area contributed by atoms with Gasteiger partial charge >= 0.3 is 11.9 Å². The number of carbonyl (C=O) groups excluding carboxylic acids is 2. The molecular weight excluding hydrogens is 420 g/mol. The lowest BCUT2D eigenvalue weighted by Gasteiger charge is -2.18. The van der Waals surface area contributed by atoms with Crippen LogP contribution in [-0.4, -0.2) is 42.5 Å². The molecule has 0 aromatic heterocycles. The maximum Gasteiger partial charge on any atom is 0.337 e. The molecule has 2 aliphatic rings. The van der Waals surface area contributed by atoms with Crippen LogP contribution < -0.4 is 10.6 Å². The lowest BCUT2D eigenvalue weighted by molar-refractivity contribution is -0.109. The van der Waals surface area contributed by atoms with Crippen molar-refractivity contribution in [3.8, 4) is 0 Å². The van der Waals surface area contributed by atoms with Crippen LogP contribution in [0, 0.1) is 0 Å². The molecule has 0 amide bonds. The minimum absolute atomic E-state index is 0.265. The number of carbonyl (C=O) groups is 3. The molecule has 8 heteroatoms. The second-order valence-electron chi connectivity index (χ2n) is 7.07. The van der Waals surface area contributed by atoms with Crippen LogP contribution in [0.5, 0.6) is 0 Å². The first-order valence-electron chi connectivity index (χ1n) is 10.0. The second kappa shape index (κ2) is 12.0. The Morgan fingerprint density at radius 2 is 1.35 bits per heavy atom. The number of aryl methyl sites for hydroxylation is 2. The minimum Gasteiger partial charge on any atom is -0.478 e. The zero-order valence-corrected chi connectivity index (χ0v) is 18.4. The highest BCUT2D eigenvalue weighted by Gasteiger charge is 2.12. The molecule has 0 radical (unpaired) electrons. The largest absolute Gasteiger partial charge is 0.478 e. The van der Waals surface area contributed by atoms with Crippen molar-refractivity contribution in [1.29, 1.82) is 0 Å². The number of benzene rings is 2. The van der Waals surface area contributed by atoms with Crippen molar-refractivity contribution < 1.29 is 24.2 Å². The first-order valence-corrected chi connectivity index (χ1v) is 10.4. The summed E-state index contributed by atoms with van der Waals surface area (Å²) in [4.78, 5) is 31.1. The number of methoxy groups -OCH3 is 1. The lowest BCUT2D eigenvalue weighted by Crippen LogP contribution is -2.12. The smallest absolute Gasteiger partial charge is 0.337 e. The summed E-state index contributed by atoms with van der Waals surface area (Å²) in [6.45, 7) is 3.30. The number of hydrogen-bond donors (Lipinski definition) is 3. The maximum absolute atomic E-state index is 11.3. The number of carboxylic acids is 1. The molecule has 31 heavy (non-hydrogen) atoms. The Balaban J connectivity index is 0.000000189. The Morgan fingerprint density at radius 1 is 0.903 bits per heavy atom. The number of fused-ring (bicyclic) bond motifs is 2. The van der Waals surface area contributed by atoms with Gasteiger partial charge in [0.05, 0.1) is 18.2 Å². The van der Waals surface area contributed by atoms with Crippen molar-refractivity contribution in [3.05, 3.63) is 58.7 Å². The number of esters is 1. The third kappa shape index (κ3) is 7.61. The Kier molecular flexibility index (Phi) is 9.34. The highest BCUT2D eigenvalue weighted by molar-refractivity contribution is 6.62. The lowest BCUT2D eigenvalue weighted by atomic mass is 10.0. The molecule has 0 saturated heterocycles. The molecule has 0 aliphatic carbocycles. The summed E-state index contributed by atoms with van der Waals surface area (Å²) in [6.07, 6.45) is 4.21. The van der Waals surface area contributed by atoms with E-state index in [1.54, 1.807) is 18.2 Å². The molecule has 166 valence electrons. The molecule has 2 aromatic carbocycles. The summed E-state index contributed by atoms with van der Waals surface area (Å²) < 4.78 is 4.67. The predicted octanol–water partition coefficient (Wildman–Crippen LogP) is 4.35. The van der Waals surface area contributed by atoms with Gasteiger partial charge in [0.1, 0.15) is 0 Å². The zero-order chi connectivity index (χ0) is 22.8. The summed E-state index contributed by atoms with van der Waals surface area (Å²) in [5, 5.41) is 14.9. The van der Waals surface area contributed by atoms with Gasteiger partial charge in [0.15, 0.2) is 0 Å². The Morgan fingerprint density at radius 3 is 1.81 bits per heavy atom. The molecule has 0 unspecified atom stereocenters. The fourth-order valence-corrected chi connectivity index (χ4v) is 3.33. The molecule has 2 heterocycles. The van der Waals surface area contributed by atoms with E-state index in [2.05, 4.69) is 27.0 Å². The van der Waals surface area contributed by atoms with Crippen molar-refractivity contribution in [2.24, 2.45) is 0 Å². The van der Waals surface area contributed by atoms with E-state index in [4.69, 9.17) is 5.11 Å². The number of carboxylic acid groups (broad SMARTS) is 1. The number of nitrogens with one attached hydrogen (secondary N) is 2. The third-order valence-electron chi connectivity index (χ3n) is 4.76. The molecule has 2 aliphatic heterocycles. The van der Waals surface area contributed by atoms with E-state index in [-0.39, 0.29) is 11.2 Å². The second-order valence-corrected chi connectivity index (χ2v) is 7.60. The van der Waals surface area contributed by atoms with E-state index >= 15 is 0 Å². The quantitative estimate of drug-likeness (QED) is 0.465. The van der Waals surface area contributed by atoms with Gasteiger partial charge in [0, 0.05) is 31.4 Å². The van der Waals surface area contributed by atoms with Gasteiger partial charge in [-0.15, -0.1) is 0 Å². The summed E-state index contributed by atoms with van der Waals surface area (Å²) in [5.74, 6) is -1.12. The van der Waals surface area contributed by atoms with Crippen LogP contribution in [0.3, 0.4) is 0 Å². The predicted molar refractivity (Wildman–Crippen MR) is 121 cm³/mol. The van der Waals surface area contributed by atoms with Crippen molar-refractivity contribution in [3.63, 3.8) is 0 Å². The minimum atomic E-state index is -0.853. The number of halogens is 1. The molecule has 2 aromatic rings. The van der Waals surface area contributed by atoms with Crippen LogP contribution in [0.2, 0.25) is 0 Å². The van der Waals surface area contributed by atoms with E-state index in [1.165, 1.54) is 19.6 Å². The van der Waals surface area contributed by atoms with Gasteiger partial charge in [-0.1, -0.05) is 0 Å². The highest BCUT2D eigenvalue weighted by Crippen LogP contribution is 2.23. The summed E-state index contributed by atoms with van der Waals surface area (Å²) in [7, 11) is 1.40. The van der Waals surface area contributed by atoms with Crippen LogP contribution in [0.15, 0.2) is 36.4 Å². The molecule has 0 atom stereocenters. The van der Waals surface area contributed by atoms with Crippen molar-refractivity contribution in [2.75, 3.05) is 30.8 Å². The standard InChI is InChI=1S/C11H13NO2.C10H11NO2.C2H3ClO/c1-14-11(13)9-4-5-10-8(7-9)3-2-6-12-10;12-10(13)8-3-4-9-7(6-8)2-1-5-11-9;1-2(3)4/h4-5,7,12H,2-3,6H2,1H3;3-4,6,11H,1-2,5H2,(H,12,13);1H3. The molecule has 3 N–H and O–H groups in total. The number of ether oxygens (including phenoxy) is 1. The Hall–Kier alpha value is -3.06. The third-order valence-corrected chi connectivity index (χ3v) is 4.76. The maximum atomic E-state index is 11.3. The molecule has 7 nitrogen and oxygen atoms in total. The van der Waals surface area contributed by atoms with Gasteiger partial charge in [-0.05, 0) is 84.8 Å². The number of hydrogen-bond acceptors (Lipinski definition) is 6. The van der Waals surface area contributed by atoms with Gasteiger partial charge in [0.2, 0.25) is 5.24 Å². The molecule has 0 saturated carbocycles. The van der Waals surface area contributed by atoms with Crippen LogP contribution >= 0.6 is 11.6 Å². The van der Waals surface area contributed by atoms with Gasteiger partial charge in [-0.2, -0.15) is 0 Å². The van der Waals surface area contributed by atoms with Crippen LogP contribution in [0.25, 0.3) is 0 Å². The van der Waals surface area contributed by atoms with Crippen LogP contribution in [0.1, 0.15) is 51.6 Å². The molecule has 0 spiro atoms. The monoisotopic (exact) mass is 446 g/mol. The topological polar surface area (TPSA) is 105 Å². The Bertz CT molecular complexity index is 942. The van der Waals surface area contributed by atoms with Crippen molar-refractivity contribution in [1.82, 2.24) is 0 Å². The van der Waals surface area contributed by atoms with E-state index < -0.39 is 5.97 Å². The molecule has 4 rings (SSSR count). The highest BCUT2D eigenvalue weighted by atomic mass is 35.5. The first kappa shape index (κ1) is 24.2. The van der Waals surface area contributed by atoms with Gasteiger partial charge < -0.3 is 20.5 Å². The summed E-state index contributed by atoms with van der Waals surface area (Å²) in [6, 6.07) is 10.9. The van der Waals surface area contributed by atoms with Crippen LogP contribution in [0.4, 0.5) is 11.4 Å². The SMILES string of the molecule is CC(=O)Cl.COC(=O)c1ccc2c(c1)CCCN2.O=C(O)c1ccc2c(c1)CCCN2. The molecule has 0 bridgehead atoms. The van der Waals surface area contributed by atoms with Crippen LogP contribution in [-0.2, 0) is 22.4 Å². The first-order chi connectivity index (χ1) is 14.8. The van der Waals surface area contributed by atoms with Crippen molar-refractivity contribution in [2.45, 2.75) is 32.6 Å². The summed E-state index contributed by atoms with van der Waals surface area (Å²) in [5.41, 5.74) is 5.56. The van der Waals surface area contributed by atoms with Crippen molar-refractivity contribution >= 4 is 40.2 Å².